The lowest BCUT2D eigenvalue weighted by atomic mass is 10.1. The average molecular weight is 292 g/mol. The molecule has 1 aliphatic rings. The van der Waals surface area contributed by atoms with Crippen LogP contribution in [0.1, 0.15) is 18.4 Å². The minimum Gasteiger partial charge on any atom is -0.309 e. The van der Waals surface area contributed by atoms with Gasteiger partial charge >= 0.3 is 0 Å². The summed E-state index contributed by atoms with van der Waals surface area (Å²) in [5.74, 6) is 0.884. The van der Waals surface area contributed by atoms with E-state index < -0.39 is 0 Å². The van der Waals surface area contributed by atoms with Crippen LogP contribution in [0.25, 0.3) is 10.9 Å². The number of para-hydroxylation sites is 1. The van der Waals surface area contributed by atoms with Gasteiger partial charge in [-0.3, -0.25) is 14.5 Å². The summed E-state index contributed by atoms with van der Waals surface area (Å²) in [4.78, 5) is 16.2. The van der Waals surface area contributed by atoms with E-state index in [2.05, 4.69) is 33.6 Å². The Morgan fingerprint density at radius 3 is 2.95 bits per heavy atom. The van der Waals surface area contributed by atoms with Crippen LogP contribution in [-0.2, 0) is 11.3 Å². The quantitative estimate of drug-likeness (QED) is 0.804. The predicted molar refractivity (Wildman–Crippen MR) is 84.4 cm³/mol. The average Bonchev–Trinajstić information content (AvgIpc) is 3.30. The zero-order chi connectivity index (χ0) is 14.9. The molecule has 1 aromatic carbocycles. The maximum absolute atomic E-state index is 11.7. The van der Waals surface area contributed by atoms with Crippen molar-refractivity contribution < 1.29 is 4.79 Å². The van der Waals surface area contributed by atoms with Crippen LogP contribution in [0, 0.1) is 5.92 Å². The van der Waals surface area contributed by atoms with Gasteiger partial charge in [0.25, 0.3) is 0 Å². The van der Waals surface area contributed by atoms with Gasteiger partial charge in [0.2, 0.25) is 5.91 Å². The van der Waals surface area contributed by atoms with Crippen LogP contribution in [0.15, 0.2) is 48.8 Å². The van der Waals surface area contributed by atoms with E-state index in [1.807, 2.05) is 29.1 Å². The number of aromatic nitrogens is 3. The van der Waals surface area contributed by atoms with Crippen molar-refractivity contribution in [2.24, 2.45) is 5.92 Å². The summed E-state index contributed by atoms with van der Waals surface area (Å²) in [5, 5.41) is 8.40. The first-order valence-corrected chi connectivity index (χ1v) is 7.46. The molecule has 2 heterocycles. The molecule has 0 unspecified atom stereocenters. The Labute approximate surface area is 128 Å². The molecular weight excluding hydrogens is 276 g/mol. The first-order chi connectivity index (χ1) is 10.8. The third-order valence-electron chi connectivity index (χ3n) is 3.89. The molecule has 1 aliphatic carbocycles. The lowest BCUT2D eigenvalue weighted by molar-refractivity contribution is -0.117. The molecule has 0 atom stereocenters. The van der Waals surface area contributed by atoms with E-state index in [1.165, 1.54) is 0 Å². The molecule has 1 fully saturated rings. The van der Waals surface area contributed by atoms with Gasteiger partial charge in [-0.2, -0.15) is 5.10 Å². The third kappa shape index (κ3) is 2.57. The Bertz CT molecular complexity index is 830. The highest BCUT2D eigenvalue weighted by molar-refractivity contribution is 5.93. The molecular formula is C17H16N4O. The van der Waals surface area contributed by atoms with Crippen LogP contribution in [0.4, 0.5) is 5.82 Å². The number of hydrogen-bond donors (Lipinski definition) is 1. The molecule has 3 aromatic rings. The number of carbonyl (C=O) groups is 1. The zero-order valence-corrected chi connectivity index (χ0v) is 12.1. The number of pyridine rings is 1. The first-order valence-electron chi connectivity index (χ1n) is 7.46. The highest BCUT2D eigenvalue weighted by Crippen LogP contribution is 2.29. The Kier molecular flexibility index (Phi) is 3.11. The summed E-state index contributed by atoms with van der Waals surface area (Å²) in [5.41, 5.74) is 2.10. The Hall–Kier alpha value is -2.69. The molecule has 0 bridgehead atoms. The van der Waals surface area contributed by atoms with Gasteiger partial charge in [0.05, 0.1) is 12.1 Å². The Morgan fingerprint density at radius 2 is 2.09 bits per heavy atom. The van der Waals surface area contributed by atoms with Crippen molar-refractivity contribution in [3.8, 4) is 0 Å². The molecule has 5 heteroatoms. The van der Waals surface area contributed by atoms with E-state index in [4.69, 9.17) is 0 Å². The lowest BCUT2D eigenvalue weighted by Crippen LogP contribution is -2.14. The van der Waals surface area contributed by atoms with Crippen LogP contribution in [0.2, 0.25) is 0 Å². The topological polar surface area (TPSA) is 59.8 Å². The van der Waals surface area contributed by atoms with Crippen molar-refractivity contribution in [2.75, 3.05) is 5.32 Å². The van der Waals surface area contributed by atoms with Crippen molar-refractivity contribution in [1.82, 2.24) is 14.8 Å². The summed E-state index contributed by atoms with van der Waals surface area (Å²) >= 11 is 0. The van der Waals surface area contributed by atoms with Crippen LogP contribution in [0.3, 0.4) is 0 Å². The molecule has 1 amide bonds. The molecule has 22 heavy (non-hydrogen) atoms. The second-order valence-corrected chi connectivity index (χ2v) is 5.65. The van der Waals surface area contributed by atoms with E-state index in [-0.39, 0.29) is 11.8 Å². The van der Waals surface area contributed by atoms with Gasteiger partial charge in [-0.25, -0.2) is 0 Å². The predicted octanol–water partition coefficient (Wildman–Crippen LogP) is 2.83. The third-order valence-corrected chi connectivity index (χ3v) is 3.89. The fourth-order valence-corrected chi connectivity index (χ4v) is 2.56. The van der Waals surface area contributed by atoms with Crippen LogP contribution >= 0.6 is 0 Å². The van der Waals surface area contributed by atoms with Crippen molar-refractivity contribution in [3.05, 3.63) is 54.4 Å². The van der Waals surface area contributed by atoms with E-state index in [9.17, 15) is 4.79 Å². The van der Waals surface area contributed by atoms with Gasteiger partial charge in [0.1, 0.15) is 0 Å². The normalized spacial score (nSPS) is 14.2. The number of nitrogens with zero attached hydrogens (tertiary/aromatic N) is 3. The van der Waals surface area contributed by atoms with Crippen molar-refractivity contribution >= 4 is 22.6 Å². The minimum absolute atomic E-state index is 0.0806. The van der Waals surface area contributed by atoms with Gasteiger partial charge in [0, 0.05) is 29.8 Å². The SMILES string of the molecule is O=C(Nc1ccn(Cc2cccc3cccnc23)n1)C1CC1. The first kappa shape index (κ1) is 13.0. The maximum Gasteiger partial charge on any atom is 0.228 e. The Morgan fingerprint density at radius 1 is 1.23 bits per heavy atom. The molecule has 0 saturated heterocycles. The smallest absolute Gasteiger partial charge is 0.228 e. The fraction of sp³-hybridized carbons (Fsp3) is 0.235. The van der Waals surface area contributed by atoms with Crippen molar-refractivity contribution in [3.63, 3.8) is 0 Å². The highest BCUT2D eigenvalue weighted by atomic mass is 16.2. The second-order valence-electron chi connectivity index (χ2n) is 5.65. The Balaban J connectivity index is 1.55. The van der Waals surface area contributed by atoms with Gasteiger partial charge < -0.3 is 5.32 Å². The molecule has 5 nitrogen and oxygen atoms in total. The lowest BCUT2D eigenvalue weighted by Gasteiger charge is -2.06. The molecule has 1 saturated carbocycles. The van der Waals surface area contributed by atoms with Gasteiger partial charge in [-0.15, -0.1) is 0 Å². The standard InChI is InChI=1S/C17H16N4O/c22-17(13-6-7-13)19-15-8-10-21(20-15)11-14-4-1-3-12-5-2-9-18-16(12)14/h1-5,8-10,13H,6-7,11H2,(H,19,20,22). The minimum atomic E-state index is 0.0806. The number of nitrogens with one attached hydrogen (secondary N) is 1. The maximum atomic E-state index is 11.7. The summed E-state index contributed by atoms with van der Waals surface area (Å²) in [7, 11) is 0. The van der Waals surface area contributed by atoms with E-state index in [0.29, 0.717) is 12.4 Å². The number of carbonyl (C=O) groups excluding carboxylic acids is 1. The molecule has 110 valence electrons. The number of benzene rings is 1. The van der Waals surface area contributed by atoms with Crippen LogP contribution in [-0.4, -0.2) is 20.7 Å². The van der Waals surface area contributed by atoms with Crippen LogP contribution < -0.4 is 5.32 Å². The summed E-state index contributed by atoms with van der Waals surface area (Å²) in [6.07, 6.45) is 5.67. The monoisotopic (exact) mass is 292 g/mol. The number of hydrogen-bond acceptors (Lipinski definition) is 3. The molecule has 1 N–H and O–H groups in total. The summed E-state index contributed by atoms with van der Waals surface area (Å²) < 4.78 is 1.83. The number of rotatable bonds is 4. The largest absolute Gasteiger partial charge is 0.309 e. The molecule has 0 spiro atoms. The second kappa shape index (κ2) is 5.26. The van der Waals surface area contributed by atoms with Crippen LogP contribution in [0.5, 0.6) is 0 Å². The van der Waals surface area contributed by atoms with Gasteiger partial charge in [0.15, 0.2) is 5.82 Å². The zero-order valence-electron chi connectivity index (χ0n) is 12.1. The van der Waals surface area contributed by atoms with E-state index in [1.54, 1.807) is 6.20 Å². The van der Waals surface area contributed by atoms with E-state index >= 15 is 0 Å². The molecule has 2 aromatic heterocycles. The number of fused-ring (bicyclic) bond motifs is 1. The van der Waals surface area contributed by atoms with Gasteiger partial charge in [-0.1, -0.05) is 24.3 Å². The number of amides is 1. The van der Waals surface area contributed by atoms with Crippen molar-refractivity contribution in [1.29, 1.82) is 0 Å². The molecule has 4 rings (SSSR count). The van der Waals surface area contributed by atoms with E-state index in [0.717, 1.165) is 29.3 Å². The van der Waals surface area contributed by atoms with Crippen molar-refractivity contribution in [2.45, 2.75) is 19.4 Å². The molecule has 0 radical (unpaired) electrons. The molecule has 0 aliphatic heterocycles. The highest BCUT2D eigenvalue weighted by Gasteiger charge is 2.29. The fourth-order valence-electron chi connectivity index (χ4n) is 2.56. The number of anilines is 1. The van der Waals surface area contributed by atoms with Gasteiger partial charge in [-0.05, 0) is 24.5 Å². The summed E-state index contributed by atoms with van der Waals surface area (Å²) in [6, 6.07) is 12.0. The summed E-state index contributed by atoms with van der Waals surface area (Å²) in [6.45, 7) is 0.633.